The van der Waals surface area contributed by atoms with Gasteiger partial charge < -0.3 is 5.73 Å². The number of benzene rings is 1. The lowest BCUT2D eigenvalue weighted by Gasteiger charge is -2.38. The third-order valence-corrected chi connectivity index (χ3v) is 4.15. The van der Waals surface area contributed by atoms with Crippen molar-refractivity contribution in [3.63, 3.8) is 0 Å². The van der Waals surface area contributed by atoms with Crippen molar-refractivity contribution in [2.24, 2.45) is 0 Å². The number of aryl methyl sites for hydroxylation is 1. The summed E-state index contributed by atoms with van der Waals surface area (Å²) in [6.45, 7) is 1.51. The minimum atomic E-state index is -1.85. The Morgan fingerprint density at radius 3 is 2.71 bits per heavy atom. The molecule has 1 aliphatic heterocycles. The normalized spacial score (nSPS) is 24.1. The van der Waals surface area contributed by atoms with Crippen molar-refractivity contribution in [2.45, 2.75) is 24.6 Å². The SMILES string of the molecule is [B]c1ccc(N)c2c(=O)n(C3([B])CC([B])C(=O)NC3=O)c(C)nc12. The van der Waals surface area contributed by atoms with Crippen molar-refractivity contribution in [1.82, 2.24) is 14.9 Å². The number of anilines is 1. The number of carbonyl (C=O) groups is 2. The molecular weight excluding hydrogens is 305 g/mol. The number of nitrogens with zero attached hydrogens (tertiary/aromatic N) is 2. The second-order valence-corrected chi connectivity index (χ2v) is 5.82. The van der Waals surface area contributed by atoms with Gasteiger partial charge in [-0.15, -0.1) is 0 Å². The molecule has 0 aliphatic carbocycles. The molecule has 2 heterocycles. The van der Waals surface area contributed by atoms with E-state index in [9.17, 15) is 14.4 Å². The van der Waals surface area contributed by atoms with E-state index in [2.05, 4.69) is 10.3 Å². The highest BCUT2D eigenvalue weighted by Crippen LogP contribution is 2.29. The molecule has 2 amide bonds. The smallest absolute Gasteiger partial charge is 0.263 e. The van der Waals surface area contributed by atoms with Crippen LogP contribution in [0.15, 0.2) is 16.9 Å². The van der Waals surface area contributed by atoms with E-state index in [1.807, 2.05) is 0 Å². The van der Waals surface area contributed by atoms with Gasteiger partial charge in [-0.3, -0.25) is 24.3 Å². The highest BCUT2D eigenvalue weighted by atomic mass is 16.2. The number of nitrogens with one attached hydrogen (secondary N) is 1. The molecular formula is C14H11B3N4O3. The molecule has 2 aromatic rings. The molecule has 24 heavy (non-hydrogen) atoms. The monoisotopic (exact) mass is 316 g/mol. The van der Waals surface area contributed by atoms with Crippen LogP contribution in [-0.4, -0.2) is 44.9 Å². The first kappa shape index (κ1) is 16.4. The van der Waals surface area contributed by atoms with Crippen LogP contribution in [0.4, 0.5) is 5.69 Å². The van der Waals surface area contributed by atoms with Crippen LogP contribution in [0.5, 0.6) is 0 Å². The molecule has 0 spiro atoms. The second-order valence-electron chi connectivity index (χ2n) is 5.82. The second kappa shape index (κ2) is 5.26. The number of piperidine rings is 1. The summed E-state index contributed by atoms with van der Waals surface area (Å²) in [7, 11) is 17.7. The van der Waals surface area contributed by atoms with Crippen molar-refractivity contribution >= 4 is 57.4 Å². The van der Waals surface area contributed by atoms with Gasteiger partial charge in [0.2, 0.25) is 11.8 Å². The fraction of sp³-hybridized carbons (Fsp3) is 0.286. The fourth-order valence-corrected chi connectivity index (χ4v) is 2.93. The van der Waals surface area contributed by atoms with Crippen LogP contribution in [0.1, 0.15) is 12.2 Å². The number of aromatic nitrogens is 2. The first-order chi connectivity index (χ1) is 11.2. The summed E-state index contributed by atoms with van der Waals surface area (Å²) in [6.07, 6.45) is -0.242. The summed E-state index contributed by atoms with van der Waals surface area (Å²) in [5, 5.41) is 2.13. The highest BCUT2D eigenvalue weighted by Gasteiger charge is 2.44. The number of rotatable bonds is 1. The third kappa shape index (κ3) is 2.17. The van der Waals surface area contributed by atoms with Gasteiger partial charge in [-0.2, -0.15) is 0 Å². The van der Waals surface area contributed by atoms with Crippen LogP contribution in [-0.2, 0) is 15.0 Å². The maximum Gasteiger partial charge on any atom is 0.263 e. The molecule has 0 bridgehead atoms. The van der Waals surface area contributed by atoms with Crippen LogP contribution in [0, 0.1) is 6.92 Å². The molecule has 1 saturated heterocycles. The van der Waals surface area contributed by atoms with Gasteiger partial charge in [0, 0.05) is 11.5 Å². The minimum absolute atomic E-state index is 0.0590. The number of imide groups is 1. The number of fused-ring (bicyclic) bond motifs is 1. The van der Waals surface area contributed by atoms with Crippen molar-refractivity contribution < 1.29 is 9.59 Å². The van der Waals surface area contributed by atoms with Gasteiger partial charge in [0.15, 0.2) is 0 Å². The summed E-state index contributed by atoms with van der Waals surface area (Å²) in [4.78, 5) is 41.1. The lowest BCUT2D eigenvalue weighted by Crippen LogP contribution is -2.60. The average Bonchev–Trinajstić information content (AvgIpc) is 2.49. The molecule has 1 aliphatic rings. The van der Waals surface area contributed by atoms with E-state index in [0.29, 0.717) is 0 Å². The molecule has 7 nitrogen and oxygen atoms in total. The van der Waals surface area contributed by atoms with Gasteiger partial charge in [0.1, 0.15) is 21.5 Å². The lowest BCUT2D eigenvalue weighted by molar-refractivity contribution is -0.137. The van der Waals surface area contributed by atoms with Gasteiger partial charge in [-0.1, -0.05) is 11.5 Å². The van der Waals surface area contributed by atoms with E-state index in [1.54, 1.807) is 0 Å². The van der Waals surface area contributed by atoms with Gasteiger partial charge in [-0.05, 0) is 19.4 Å². The van der Waals surface area contributed by atoms with E-state index in [0.717, 1.165) is 4.57 Å². The standard InChI is InChI=1S/C14H11B3N4O3/c1-5-19-10-6(15)2-3-8(18)9(10)12(23)21(5)14(17)4-7(16)11(22)20-13(14)24/h2-3,7H,4,18H2,1H3,(H,20,22,24). The van der Waals surface area contributed by atoms with Crippen molar-refractivity contribution in [3.05, 3.63) is 28.3 Å². The average molecular weight is 316 g/mol. The lowest BCUT2D eigenvalue weighted by atomic mass is 9.63. The highest BCUT2D eigenvalue weighted by molar-refractivity contribution is 6.38. The van der Waals surface area contributed by atoms with Crippen LogP contribution < -0.4 is 22.1 Å². The summed E-state index contributed by atoms with van der Waals surface area (Å²) in [6, 6.07) is 3.01. The summed E-state index contributed by atoms with van der Waals surface area (Å²) in [5.41, 5.74) is 4.06. The number of nitrogen functional groups attached to an aromatic ring is 1. The van der Waals surface area contributed by atoms with E-state index < -0.39 is 28.6 Å². The molecule has 3 rings (SSSR count). The predicted octanol–water partition coefficient (Wildman–Crippen LogP) is -2.09. The van der Waals surface area contributed by atoms with Gasteiger partial charge >= 0.3 is 0 Å². The number of carbonyl (C=O) groups excluding carboxylic acids is 2. The molecule has 3 N–H and O–H groups in total. The zero-order valence-corrected chi connectivity index (χ0v) is 12.9. The maximum absolute atomic E-state index is 13.0. The van der Waals surface area contributed by atoms with Crippen LogP contribution >= 0.6 is 0 Å². The Hall–Kier alpha value is -2.51. The zero-order valence-electron chi connectivity index (χ0n) is 12.9. The molecule has 10 heteroatoms. The number of amides is 2. The van der Waals surface area contributed by atoms with Crippen molar-refractivity contribution in [1.29, 1.82) is 0 Å². The van der Waals surface area contributed by atoms with Gasteiger partial charge in [0.25, 0.3) is 5.56 Å². The topological polar surface area (TPSA) is 107 Å². The summed E-state index contributed by atoms with van der Waals surface area (Å²) < 4.78 is 1.01. The van der Waals surface area contributed by atoms with Crippen molar-refractivity contribution in [2.75, 3.05) is 5.73 Å². The first-order valence-corrected chi connectivity index (χ1v) is 7.14. The minimum Gasteiger partial charge on any atom is -0.398 e. The van der Waals surface area contributed by atoms with E-state index >= 15 is 0 Å². The van der Waals surface area contributed by atoms with Gasteiger partial charge in [0.05, 0.1) is 24.2 Å². The van der Waals surface area contributed by atoms with E-state index in [1.165, 1.54) is 19.1 Å². The third-order valence-electron chi connectivity index (χ3n) is 4.15. The Bertz CT molecular complexity index is 958. The largest absolute Gasteiger partial charge is 0.398 e. The Morgan fingerprint density at radius 1 is 1.38 bits per heavy atom. The molecule has 1 aromatic carbocycles. The molecule has 2 unspecified atom stereocenters. The van der Waals surface area contributed by atoms with Crippen molar-refractivity contribution in [3.8, 4) is 0 Å². The number of hydrogen-bond acceptors (Lipinski definition) is 5. The predicted molar refractivity (Wildman–Crippen MR) is 91.5 cm³/mol. The quantitative estimate of drug-likeness (QED) is 0.356. The van der Waals surface area contributed by atoms with Gasteiger partial charge in [-0.25, -0.2) is 4.98 Å². The number of nitrogens with two attached hydrogens (primary N) is 1. The Balaban J connectivity index is 2.35. The molecule has 2 atom stereocenters. The van der Waals surface area contributed by atoms with E-state index in [-0.39, 0.29) is 34.3 Å². The molecule has 114 valence electrons. The Labute approximate surface area is 141 Å². The fourth-order valence-electron chi connectivity index (χ4n) is 2.93. The summed E-state index contributed by atoms with van der Waals surface area (Å²) >= 11 is 0. The van der Waals surface area contributed by atoms with Crippen LogP contribution in [0.2, 0.25) is 5.82 Å². The Kier molecular flexibility index (Phi) is 3.58. The number of hydrogen-bond donors (Lipinski definition) is 2. The first-order valence-electron chi connectivity index (χ1n) is 7.14. The molecule has 1 aromatic heterocycles. The van der Waals surface area contributed by atoms with Crippen LogP contribution in [0.3, 0.4) is 0 Å². The molecule has 1 fully saturated rings. The summed E-state index contributed by atoms with van der Waals surface area (Å²) in [5.74, 6) is -2.36. The zero-order chi connectivity index (χ0) is 17.8. The Morgan fingerprint density at radius 2 is 2.04 bits per heavy atom. The van der Waals surface area contributed by atoms with Crippen LogP contribution in [0.25, 0.3) is 10.9 Å². The maximum atomic E-state index is 13.0. The molecule has 6 radical (unpaired) electrons. The van der Waals surface area contributed by atoms with E-state index in [4.69, 9.17) is 29.3 Å². The molecule has 0 saturated carbocycles.